The number of carboxylic acid groups (broad SMARTS) is 1. The van der Waals surface area contributed by atoms with Crippen LogP contribution in [-0.4, -0.2) is 37.5 Å². The lowest BCUT2D eigenvalue weighted by Crippen LogP contribution is -2.57. The van der Waals surface area contributed by atoms with Crippen LogP contribution in [0.5, 0.6) is 0 Å². The van der Waals surface area contributed by atoms with E-state index in [-0.39, 0.29) is 13.0 Å². The molecule has 0 saturated carbocycles. The quantitative estimate of drug-likeness (QED) is 0.287. The van der Waals surface area contributed by atoms with Gasteiger partial charge in [-0.2, -0.15) is 0 Å². The summed E-state index contributed by atoms with van der Waals surface area (Å²) in [5.41, 5.74) is 6.05. The van der Waals surface area contributed by atoms with Crippen LogP contribution in [0.4, 0.5) is 0 Å². The van der Waals surface area contributed by atoms with Crippen LogP contribution >= 0.6 is 0 Å². The summed E-state index contributed by atoms with van der Waals surface area (Å²) in [5.74, 6) is -2.38. The molecule has 0 amide bonds. The number of fused-ring (bicyclic) bond motifs is 1. The fourth-order valence-electron chi connectivity index (χ4n) is 2.88. The van der Waals surface area contributed by atoms with Gasteiger partial charge in [0.1, 0.15) is 6.61 Å². The van der Waals surface area contributed by atoms with Crippen LogP contribution in [0.25, 0.3) is 10.9 Å². The van der Waals surface area contributed by atoms with Crippen LogP contribution in [0.15, 0.2) is 79.5 Å². The van der Waals surface area contributed by atoms with Gasteiger partial charge in [-0.3, -0.25) is 0 Å². The highest BCUT2D eigenvalue weighted by atomic mass is 16.5. The maximum Gasteiger partial charge on any atom is 0.338 e. The average molecular weight is 406 g/mol. The van der Waals surface area contributed by atoms with E-state index >= 15 is 0 Å². The number of para-hydroxylation sites is 1. The van der Waals surface area contributed by atoms with Crippen molar-refractivity contribution >= 4 is 22.8 Å². The average Bonchev–Trinajstić information content (AvgIpc) is 3.47. The number of aromatic amines is 2. The third-order valence-electron chi connectivity index (χ3n) is 4.51. The van der Waals surface area contributed by atoms with Crippen LogP contribution in [0, 0.1) is 0 Å². The van der Waals surface area contributed by atoms with E-state index in [0.29, 0.717) is 5.56 Å². The van der Waals surface area contributed by atoms with E-state index in [4.69, 9.17) is 10.5 Å². The second-order valence-corrected chi connectivity index (χ2v) is 6.64. The number of imidazole rings is 1. The monoisotopic (exact) mass is 406 g/mol. The summed E-state index contributed by atoms with van der Waals surface area (Å²) in [6.45, 7) is -0.0280. The first kappa shape index (κ1) is 20.8. The Bertz CT molecular complexity index is 1080. The van der Waals surface area contributed by atoms with Crippen molar-refractivity contribution in [3.05, 3.63) is 90.6 Å². The summed E-state index contributed by atoms with van der Waals surface area (Å²) in [4.78, 5) is 33.6. The molecular formula is C22H22N4O4. The zero-order chi connectivity index (χ0) is 21.4. The highest BCUT2D eigenvalue weighted by molar-refractivity contribution is 6.04. The van der Waals surface area contributed by atoms with Crippen molar-refractivity contribution in [2.24, 2.45) is 5.73 Å². The number of nitrogens with one attached hydrogen (secondary N) is 2. The number of carbonyl (C=O) groups excluding carboxylic acids is 1. The Hall–Kier alpha value is -3.91. The fourth-order valence-corrected chi connectivity index (χ4v) is 2.88. The van der Waals surface area contributed by atoms with Gasteiger partial charge in [0.2, 0.25) is 5.54 Å². The number of benzene rings is 2. The van der Waals surface area contributed by atoms with Crippen LogP contribution in [-0.2, 0) is 27.4 Å². The lowest BCUT2D eigenvalue weighted by atomic mass is 9.91. The van der Waals surface area contributed by atoms with E-state index in [0.717, 1.165) is 16.5 Å². The number of hydrogen-bond acceptors (Lipinski definition) is 5. The Kier molecular flexibility index (Phi) is 6.61. The van der Waals surface area contributed by atoms with Gasteiger partial charge >= 0.3 is 11.9 Å². The second kappa shape index (κ2) is 9.53. The van der Waals surface area contributed by atoms with Crippen molar-refractivity contribution in [3.8, 4) is 0 Å². The molecule has 0 bridgehead atoms. The standard InChI is InChI=1S/C19H18N2O4.C3H4N2/c20-19(17(22)23,18(24)25-12-13-6-2-1-3-7-13)10-14-11-21-16-9-5-4-8-15(14)16;1-2-5-3-4-1/h1-9,11,21H,10,12,20H2,(H,22,23);1-3H,(H,4,5)/t19-;/m1./s1. The van der Waals surface area contributed by atoms with Crippen LogP contribution in [0.2, 0.25) is 0 Å². The number of carbonyl (C=O) groups is 2. The number of ether oxygens (including phenoxy) is 1. The maximum atomic E-state index is 12.4. The zero-order valence-electron chi connectivity index (χ0n) is 16.1. The highest BCUT2D eigenvalue weighted by Gasteiger charge is 2.44. The molecule has 0 fully saturated rings. The zero-order valence-corrected chi connectivity index (χ0v) is 16.1. The van der Waals surface area contributed by atoms with Crippen molar-refractivity contribution in [1.29, 1.82) is 0 Å². The van der Waals surface area contributed by atoms with E-state index in [9.17, 15) is 14.7 Å². The third-order valence-corrected chi connectivity index (χ3v) is 4.51. The largest absolute Gasteiger partial charge is 0.479 e. The highest BCUT2D eigenvalue weighted by Crippen LogP contribution is 2.23. The molecule has 0 spiro atoms. The van der Waals surface area contributed by atoms with Gasteiger partial charge in [0.25, 0.3) is 0 Å². The number of H-pyrrole nitrogens is 2. The Morgan fingerprint density at radius 1 is 1.10 bits per heavy atom. The molecule has 0 aliphatic heterocycles. The van der Waals surface area contributed by atoms with Gasteiger partial charge in [0.05, 0.1) is 6.33 Å². The molecule has 0 unspecified atom stereocenters. The molecule has 2 aromatic carbocycles. The van der Waals surface area contributed by atoms with Gasteiger partial charge in [0.15, 0.2) is 0 Å². The molecule has 5 N–H and O–H groups in total. The molecule has 0 saturated heterocycles. The first-order valence-electron chi connectivity index (χ1n) is 9.22. The number of nitrogens with two attached hydrogens (primary N) is 1. The minimum absolute atomic E-state index is 0.0280. The molecule has 4 aromatic rings. The lowest BCUT2D eigenvalue weighted by molar-refractivity contribution is -0.161. The number of carboxylic acids is 1. The van der Waals surface area contributed by atoms with E-state index in [1.165, 1.54) is 0 Å². The topological polar surface area (TPSA) is 134 Å². The van der Waals surface area contributed by atoms with Crippen molar-refractivity contribution < 1.29 is 19.4 Å². The number of hydrogen-bond donors (Lipinski definition) is 4. The van der Waals surface area contributed by atoms with Gasteiger partial charge in [-0.05, 0) is 17.2 Å². The van der Waals surface area contributed by atoms with Crippen molar-refractivity contribution in [2.75, 3.05) is 0 Å². The predicted octanol–water partition coefficient (Wildman–Crippen LogP) is 2.65. The molecule has 0 aliphatic carbocycles. The van der Waals surface area contributed by atoms with Gasteiger partial charge in [-0.1, -0.05) is 48.5 Å². The summed E-state index contributed by atoms with van der Waals surface area (Å²) >= 11 is 0. The van der Waals surface area contributed by atoms with E-state index < -0.39 is 17.5 Å². The molecule has 0 aliphatic rings. The third kappa shape index (κ3) is 4.92. The van der Waals surface area contributed by atoms with Gasteiger partial charge in [-0.15, -0.1) is 0 Å². The normalized spacial score (nSPS) is 12.4. The van der Waals surface area contributed by atoms with E-state index in [1.54, 1.807) is 37.1 Å². The van der Waals surface area contributed by atoms with Crippen LogP contribution < -0.4 is 5.73 Å². The number of aromatic nitrogens is 3. The Balaban J connectivity index is 0.000000448. The number of esters is 1. The predicted molar refractivity (Wildman–Crippen MR) is 111 cm³/mol. The SMILES string of the molecule is N[C@](Cc1c[nH]c2ccccc12)(C(=O)O)C(=O)OCc1ccccc1.c1c[nH]cn1. The molecule has 2 heterocycles. The molecule has 30 heavy (non-hydrogen) atoms. The van der Waals surface area contributed by atoms with E-state index in [1.807, 2.05) is 42.5 Å². The maximum absolute atomic E-state index is 12.4. The summed E-state index contributed by atoms with van der Waals surface area (Å²) in [6.07, 6.45) is 6.58. The molecule has 2 aromatic heterocycles. The van der Waals surface area contributed by atoms with Gasteiger partial charge in [-0.25, -0.2) is 14.6 Å². The summed E-state index contributed by atoms with van der Waals surface area (Å²) in [5, 5.41) is 10.4. The van der Waals surface area contributed by atoms with Crippen molar-refractivity contribution in [1.82, 2.24) is 15.0 Å². The van der Waals surface area contributed by atoms with Crippen molar-refractivity contribution in [3.63, 3.8) is 0 Å². The minimum atomic E-state index is -2.15. The van der Waals surface area contributed by atoms with Gasteiger partial charge < -0.3 is 25.5 Å². The summed E-state index contributed by atoms with van der Waals surface area (Å²) < 4.78 is 5.16. The smallest absolute Gasteiger partial charge is 0.338 e. The minimum Gasteiger partial charge on any atom is -0.479 e. The first-order chi connectivity index (χ1) is 14.5. The second-order valence-electron chi connectivity index (χ2n) is 6.64. The number of aliphatic carboxylic acids is 1. The Morgan fingerprint density at radius 2 is 1.83 bits per heavy atom. The van der Waals surface area contributed by atoms with Crippen molar-refractivity contribution in [2.45, 2.75) is 18.6 Å². The number of nitrogens with zero attached hydrogens (tertiary/aromatic N) is 1. The molecule has 1 atom stereocenters. The number of rotatable bonds is 6. The first-order valence-corrected chi connectivity index (χ1v) is 9.22. The molecule has 4 rings (SSSR count). The fraction of sp³-hybridized carbons (Fsp3) is 0.136. The summed E-state index contributed by atoms with van der Waals surface area (Å²) in [7, 11) is 0. The van der Waals surface area contributed by atoms with Gasteiger partial charge in [0, 0.05) is 35.9 Å². The summed E-state index contributed by atoms with van der Waals surface area (Å²) in [6, 6.07) is 16.4. The molecule has 154 valence electrons. The van der Waals surface area contributed by atoms with Crippen LogP contribution in [0.3, 0.4) is 0 Å². The van der Waals surface area contributed by atoms with Crippen LogP contribution in [0.1, 0.15) is 11.1 Å². The molecular weight excluding hydrogens is 384 g/mol. The molecule has 0 radical (unpaired) electrons. The molecule has 8 heteroatoms. The van der Waals surface area contributed by atoms with E-state index in [2.05, 4.69) is 15.0 Å². The lowest BCUT2D eigenvalue weighted by Gasteiger charge is -2.22. The Labute approximate surface area is 172 Å². The Morgan fingerprint density at radius 3 is 2.47 bits per heavy atom. The molecule has 8 nitrogen and oxygen atoms in total.